The second-order valence-corrected chi connectivity index (χ2v) is 4.15. The van der Waals surface area contributed by atoms with E-state index < -0.39 is 0 Å². The maximum absolute atomic E-state index is 9.99. The Labute approximate surface area is 85.9 Å². The Morgan fingerprint density at radius 1 is 1.57 bits per heavy atom. The molecule has 0 saturated heterocycles. The highest BCUT2D eigenvalue weighted by Gasteiger charge is 2.04. The van der Waals surface area contributed by atoms with Gasteiger partial charge in [-0.25, -0.2) is 5.06 Å². The van der Waals surface area contributed by atoms with Crippen LogP contribution < -0.4 is 0 Å². The molecule has 14 heavy (non-hydrogen) atoms. The molecule has 0 heterocycles. The van der Waals surface area contributed by atoms with Crippen LogP contribution in [-0.4, -0.2) is 47.7 Å². The Bertz CT molecular complexity index is 147. The van der Waals surface area contributed by atoms with Crippen LogP contribution in [0, 0.1) is 0 Å². The number of hydroxylamine groups is 2. The van der Waals surface area contributed by atoms with Gasteiger partial charge in [-0.1, -0.05) is 0 Å². The lowest BCUT2D eigenvalue weighted by molar-refractivity contribution is -0.150. The first-order valence-corrected chi connectivity index (χ1v) is 5.67. The number of aliphatic hydroxyl groups is 1. The Morgan fingerprint density at radius 2 is 2.29 bits per heavy atom. The fourth-order valence-electron chi connectivity index (χ4n) is 1.01. The third-order valence-corrected chi connectivity index (χ3v) is 2.55. The number of carbonyl (C=O) groups is 1. The molecule has 84 valence electrons. The molecular weight excluding hydrogens is 205 g/mol. The number of amides is 1. The minimum absolute atomic E-state index is 0.271. The van der Waals surface area contributed by atoms with Crippen LogP contribution in [0.1, 0.15) is 19.3 Å². The van der Waals surface area contributed by atoms with Crippen molar-refractivity contribution in [1.29, 1.82) is 0 Å². The summed E-state index contributed by atoms with van der Waals surface area (Å²) in [7, 11) is 2.07. The third kappa shape index (κ3) is 8.38. The van der Waals surface area contributed by atoms with Gasteiger partial charge in [0.15, 0.2) is 0 Å². The zero-order valence-electron chi connectivity index (χ0n) is 8.35. The Balaban J connectivity index is 3.25. The van der Waals surface area contributed by atoms with Gasteiger partial charge in [-0.15, -0.1) is 0 Å². The van der Waals surface area contributed by atoms with Gasteiger partial charge >= 0.3 is 0 Å². The summed E-state index contributed by atoms with van der Waals surface area (Å²) >= 11 is 0. The number of carbonyl (C=O) groups excluding carboxylic acids is 1. The van der Waals surface area contributed by atoms with Crippen molar-refractivity contribution < 1.29 is 19.6 Å². The van der Waals surface area contributed by atoms with Crippen molar-refractivity contribution in [3.05, 3.63) is 0 Å². The van der Waals surface area contributed by atoms with Gasteiger partial charge in [-0.2, -0.15) is 0 Å². The Morgan fingerprint density at radius 3 is 2.86 bits per heavy atom. The lowest BCUT2D eigenvalue weighted by atomic mass is 10.1. The van der Waals surface area contributed by atoms with Crippen LogP contribution in [0.25, 0.3) is 0 Å². The van der Waals surface area contributed by atoms with E-state index in [2.05, 4.69) is 0 Å². The second-order valence-electron chi connectivity index (χ2n) is 2.95. The van der Waals surface area contributed by atoms with Gasteiger partial charge in [0.05, 0.1) is 6.10 Å². The molecule has 0 spiro atoms. The van der Waals surface area contributed by atoms with Crippen molar-refractivity contribution in [1.82, 2.24) is 5.06 Å². The van der Waals surface area contributed by atoms with E-state index in [1.54, 1.807) is 7.11 Å². The zero-order chi connectivity index (χ0) is 10.8. The molecule has 0 aliphatic carbocycles. The van der Waals surface area contributed by atoms with Crippen molar-refractivity contribution in [2.24, 2.45) is 0 Å². The highest BCUT2D eigenvalue weighted by Crippen LogP contribution is 2.13. The van der Waals surface area contributed by atoms with Crippen LogP contribution in [-0.2, 0) is 9.32 Å². The van der Waals surface area contributed by atoms with Crippen LogP contribution in [0.2, 0.25) is 0 Å². The van der Waals surface area contributed by atoms with Gasteiger partial charge in [0.1, 0.15) is 0 Å². The standard InChI is InChI=1S/C8H18NO4P/c1-13-14-6-4-8(11)3-2-5-9(12)7-10/h7-8,11-12,14H,2-6H2,1H3. The maximum atomic E-state index is 9.99. The molecule has 1 amide bonds. The van der Waals surface area contributed by atoms with Crippen LogP contribution in [0.4, 0.5) is 0 Å². The molecular formula is C8H18NO4P. The van der Waals surface area contributed by atoms with Gasteiger partial charge in [-0.05, 0) is 25.4 Å². The predicted octanol–water partition coefficient (Wildman–Crippen LogP) is 0.605. The third-order valence-electron chi connectivity index (χ3n) is 1.77. The fraction of sp³-hybridized carbons (Fsp3) is 0.875. The van der Waals surface area contributed by atoms with Gasteiger partial charge in [0.2, 0.25) is 6.41 Å². The van der Waals surface area contributed by atoms with Gasteiger partial charge in [-0.3, -0.25) is 10.0 Å². The summed E-state index contributed by atoms with van der Waals surface area (Å²) in [4.78, 5) is 9.99. The summed E-state index contributed by atoms with van der Waals surface area (Å²) in [6.07, 6.45) is 2.76. The highest BCUT2D eigenvalue weighted by atomic mass is 31.1. The summed E-state index contributed by atoms with van der Waals surface area (Å²) in [5, 5.41) is 18.8. The highest BCUT2D eigenvalue weighted by molar-refractivity contribution is 7.32. The first-order valence-electron chi connectivity index (χ1n) is 4.55. The van der Waals surface area contributed by atoms with Gasteiger partial charge in [0.25, 0.3) is 0 Å². The molecule has 0 aliphatic rings. The minimum atomic E-state index is -0.363. The van der Waals surface area contributed by atoms with Crippen LogP contribution in [0.15, 0.2) is 0 Å². The summed E-state index contributed by atoms with van der Waals surface area (Å²) in [6.45, 7) is 0.271. The Hall–Kier alpha value is -0.220. The topological polar surface area (TPSA) is 70.0 Å². The SMILES string of the molecule is COPCCC(O)CCCN(O)C=O. The molecule has 0 rings (SSSR count). The van der Waals surface area contributed by atoms with Crippen LogP contribution >= 0.6 is 8.81 Å². The number of hydrogen-bond acceptors (Lipinski definition) is 4. The van der Waals surface area contributed by atoms with Crippen molar-refractivity contribution in [3.8, 4) is 0 Å². The normalized spacial score (nSPS) is 13.4. The van der Waals surface area contributed by atoms with Crippen molar-refractivity contribution >= 4 is 15.2 Å². The number of rotatable bonds is 9. The molecule has 2 unspecified atom stereocenters. The maximum Gasteiger partial charge on any atom is 0.233 e. The smallest absolute Gasteiger partial charge is 0.233 e. The van der Waals surface area contributed by atoms with Gasteiger partial charge < -0.3 is 9.63 Å². The first-order chi connectivity index (χ1) is 6.70. The molecule has 6 heteroatoms. The lowest BCUT2D eigenvalue weighted by Crippen LogP contribution is -2.19. The zero-order valence-corrected chi connectivity index (χ0v) is 9.35. The van der Waals surface area contributed by atoms with Crippen molar-refractivity contribution in [2.75, 3.05) is 19.8 Å². The molecule has 0 bridgehead atoms. The van der Waals surface area contributed by atoms with E-state index in [9.17, 15) is 9.90 Å². The fourth-order valence-corrected chi connectivity index (χ4v) is 1.67. The summed E-state index contributed by atoms with van der Waals surface area (Å²) in [5.41, 5.74) is 0. The molecule has 0 radical (unpaired) electrons. The Kier molecular flexibility index (Phi) is 9.19. The monoisotopic (exact) mass is 223 g/mol. The molecule has 2 atom stereocenters. The van der Waals surface area contributed by atoms with E-state index in [1.807, 2.05) is 0 Å². The van der Waals surface area contributed by atoms with E-state index in [1.165, 1.54) is 0 Å². The van der Waals surface area contributed by atoms with Crippen LogP contribution in [0.3, 0.4) is 0 Å². The largest absolute Gasteiger partial charge is 0.393 e. The molecule has 0 fully saturated rings. The van der Waals surface area contributed by atoms with E-state index in [4.69, 9.17) is 9.73 Å². The number of nitrogens with zero attached hydrogens (tertiary/aromatic N) is 1. The second kappa shape index (κ2) is 9.34. The predicted molar refractivity (Wildman–Crippen MR) is 54.6 cm³/mol. The minimum Gasteiger partial charge on any atom is -0.393 e. The first kappa shape index (κ1) is 13.8. The van der Waals surface area contributed by atoms with E-state index >= 15 is 0 Å². The number of hydrogen-bond donors (Lipinski definition) is 2. The van der Waals surface area contributed by atoms with E-state index in [0.29, 0.717) is 39.5 Å². The summed E-state index contributed by atoms with van der Waals surface area (Å²) in [5.74, 6) is 0. The van der Waals surface area contributed by atoms with Crippen LogP contribution in [0.5, 0.6) is 0 Å². The molecule has 0 aromatic carbocycles. The molecule has 2 N–H and O–H groups in total. The van der Waals surface area contributed by atoms with E-state index in [-0.39, 0.29) is 12.6 Å². The van der Waals surface area contributed by atoms with Crippen molar-refractivity contribution in [3.63, 3.8) is 0 Å². The molecule has 0 saturated carbocycles. The molecule has 5 nitrogen and oxygen atoms in total. The molecule has 0 aliphatic heterocycles. The lowest BCUT2D eigenvalue weighted by Gasteiger charge is -2.11. The van der Waals surface area contributed by atoms with Crippen molar-refractivity contribution in [2.45, 2.75) is 25.4 Å². The summed E-state index contributed by atoms with van der Waals surface area (Å²) < 4.78 is 4.87. The van der Waals surface area contributed by atoms with Gasteiger partial charge in [0, 0.05) is 22.5 Å². The van der Waals surface area contributed by atoms with E-state index in [0.717, 1.165) is 6.16 Å². The number of aliphatic hydroxyl groups excluding tert-OH is 1. The summed E-state index contributed by atoms with van der Waals surface area (Å²) in [6, 6.07) is 0. The molecule has 0 aromatic heterocycles. The average Bonchev–Trinajstić information content (AvgIpc) is 2.18. The molecule has 0 aromatic rings. The quantitative estimate of drug-likeness (QED) is 0.197. The average molecular weight is 223 g/mol.